The average Bonchev–Trinajstić information content (AvgIpc) is 2.42. The van der Waals surface area contributed by atoms with Crippen molar-refractivity contribution >= 4 is 17.6 Å². The van der Waals surface area contributed by atoms with Gasteiger partial charge in [-0.25, -0.2) is 4.79 Å². The number of carboxylic acids is 1. The molecule has 0 aromatic heterocycles. The second-order valence-corrected chi connectivity index (χ2v) is 5.19. The van der Waals surface area contributed by atoms with Crippen molar-refractivity contribution in [2.45, 2.75) is 26.7 Å². The lowest BCUT2D eigenvalue weighted by molar-refractivity contribution is -0.122. The van der Waals surface area contributed by atoms with E-state index in [1.165, 1.54) is 0 Å². The van der Waals surface area contributed by atoms with Gasteiger partial charge in [-0.05, 0) is 43.9 Å². The molecule has 0 spiro atoms. The highest BCUT2D eigenvalue weighted by molar-refractivity contribution is 6.02. The Bertz CT molecular complexity index is 533. The summed E-state index contributed by atoms with van der Waals surface area (Å²) in [5.74, 6) is -1.26. The predicted octanol–water partition coefficient (Wildman–Crippen LogP) is 2.37. The van der Waals surface area contributed by atoms with Crippen LogP contribution in [0.25, 0.3) is 0 Å². The third-order valence-corrected chi connectivity index (χ3v) is 3.55. The molecule has 1 aromatic carbocycles. The summed E-state index contributed by atoms with van der Waals surface area (Å²) in [4.78, 5) is 23.5. The molecule has 0 saturated carbocycles. The number of aryl methyl sites for hydroxylation is 2. The van der Waals surface area contributed by atoms with Crippen molar-refractivity contribution in [3.63, 3.8) is 0 Å². The van der Waals surface area contributed by atoms with Crippen LogP contribution in [-0.2, 0) is 9.53 Å². The van der Waals surface area contributed by atoms with Crippen LogP contribution < -0.4 is 5.32 Å². The van der Waals surface area contributed by atoms with Crippen LogP contribution in [0.3, 0.4) is 0 Å². The number of hydrogen-bond acceptors (Lipinski definition) is 3. The van der Waals surface area contributed by atoms with Gasteiger partial charge < -0.3 is 15.2 Å². The summed E-state index contributed by atoms with van der Waals surface area (Å²) in [7, 11) is 0. The summed E-state index contributed by atoms with van der Waals surface area (Å²) < 4.78 is 5.23. The SMILES string of the molecule is Cc1cc(C)c(NC(=O)C2CCOCC2)c(C(=O)O)c1. The highest BCUT2D eigenvalue weighted by atomic mass is 16.5. The van der Waals surface area contributed by atoms with Gasteiger partial charge in [0.15, 0.2) is 0 Å². The molecule has 0 atom stereocenters. The van der Waals surface area contributed by atoms with E-state index in [2.05, 4.69) is 5.32 Å². The molecule has 1 aromatic rings. The monoisotopic (exact) mass is 277 g/mol. The lowest BCUT2D eigenvalue weighted by Crippen LogP contribution is -2.29. The number of aromatic carboxylic acids is 1. The zero-order valence-corrected chi connectivity index (χ0v) is 11.7. The number of carbonyl (C=O) groups excluding carboxylic acids is 1. The van der Waals surface area contributed by atoms with E-state index >= 15 is 0 Å². The van der Waals surface area contributed by atoms with Crippen molar-refractivity contribution < 1.29 is 19.4 Å². The first-order chi connectivity index (χ1) is 9.49. The van der Waals surface area contributed by atoms with E-state index in [0.717, 1.165) is 11.1 Å². The van der Waals surface area contributed by atoms with Gasteiger partial charge in [0.05, 0.1) is 11.3 Å². The van der Waals surface area contributed by atoms with E-state index in [4.69, 9.17) is 4.74 Å². The molecule has 1 amide bonds. The second-order valence-electron chi connectivity index (χ2n) is 5.19. The first kappa shape index (κ1) is 14.5. The molecule has 0 bridgehead atoms. The highest BCUT2D eigenvalue weighted by Crippen LogP contribution is 2.25. The smallest absolute Gasteiger partial charge is 0.337 e. The maximum atomic E-state index is 12.2. The topological polar surface area (TPSA) is 75.6 Å². The Kier molecular flexibility index (Phi) is 4.39. The van der Waals surface area contributed by atoms with Gasteiger partial charge in [0, 0.05) is 19.1 Å². The maximum absolute atomic E-state index is 12.2. The molecule has 1 fully saturated rings. The van der Waals surface area contributed by atoms with Crippen molar-refractivity contribution in [3.8, 4) is 0 Å². The zero-order valence-electron chi connectivity index (χ0n) is 11.7. The summed E-state index contributed by atoms with van der Waals surface area (Å²) in [5, 5.41) is 12.0. The highest BCUT2D eigenvalue weighted by Gasteiger charge is 2.24. The Morgan fingerprint density at radius 1 is 1.25 bits per heavy atom. The molecule has 0 unspecified atom stereocenters. The predicted molar refractivity (Wildman–Crippen MR) is 75.0 cm³/mol. The lowest BCUT2D eigenvalue weighted by Gasteiger charge is -2.22. The summed E-state index contributed by atoms with van der Waals surface area (Å²) >= 11 is 0. The van der Waals surface area contributed by atoms with E-state index in [9.17, 15) is 14.7 Å². The summed E-state index contributed by atoms with van der Waals surface area (Å²) in [5.41, 5.74) is 2.18. The first-order valence-electron chi connectivity index (χ1n) is 6.72. The quantitative estimate of drug-likeness (QED) is 0.889. The van der Waals surface area contributed by atoms with Gasteiger partial charge in [0.1, 0.15) is 0 Å². The number of amides is 1. The molecule has 1 heterocycles. The fraction of sp³-hybridized carbons (Fsp3) is 0.467. The molecule has 1 aliphatic rings. The molecular weight excluding hydrogens is 258 g/mol. The molecule has 1 saturated heterocycles. The van der Waals surface area contributed by atoms with E-state index in [1.807, 2.05) is 13.0 Å². The van der Waals surface area contributed by atoms with Crippen LogP contribution in [0.2, 0.25) is 0 Å². The van der Waals surface area contributed by atoms with Crippen LogP contribution in [0.5, 0.6) is 0 Å². The number of carbonyl (C=O) groups is 2. The Hall–Kier alpha value is -1.88. The second kappa shape index (κ2) is 6.05. The molecule has 0 radical (unpaired) electrons. The van der Waals surface area contributed by atoms with Crippen LogP contribution in [0.1, 0.15) is 34.3 Å². The fourth-order valence-electron chi connectivity index (χ4n) is 2.49. The van der Waals surface area contributed by atoms with Crippen LogP contribution in [0.4, 0.5) is 5.69 Å². The Morgan fingerprint density at radius 2 is 1.90 bits per heavy atom. The third kappa shape index (κ3) is 3.17. The van der Waals surface area contributed by atoms with Crippen molar-refractivity contribution in [2.24, 2.45) is 5.92 Å². The standard InChI is InChI=1S/C15H19NO4/c1-9-7-10(2)13(12(8-9)15(18)19)16-14(17)11-3-5-20-6-4-11/h7-8,11H,3-6H2,1-2H3,(H,16,17)(H,18,19). The average molecular weight is 277 g/mol. The van der Waals surface area contributed by atoms with Gasteiger partial charge >= 0.3 is 5.97 Å². The Labute approximate surface area is 117 Å². The molecule has 2 N–H and O–H groups in total. The lowest BCUT2D eigenvalue weighted by atomic mass is 9.98. The molecule has 1 aliphatic heterocycles. The number of anilines is 1. The van der Waals surface area contributed by atoms with Crippen LogP contribution in [-0.4, -0.2) is 30.2 Å². The van der Waals surface area contributed by atoms with Crippen LogP contribution >= 0.6 is 0 Å². The van der Waals surface area contributed by atoms with Gasteiger partial charge in [0.25, 0.3) is 0 Å². The van der Waals surface area contributed by atoms with E-state index in [1.54, 1.807) is 13.0 Å². The number of carboxylic acid groups (broad SMARTS) is 1. The van der Waals surface area contributed by atoms with Crippen LogP contribution in [0, 0.1) is 19.8 Å². The molecule has 5 heteroatoms. The van der Waals surface area contributed by atoms with Crippen LogP contribution in [0.15, 0.2) is 12.1 Å². The third-order valence-electron chi connectivity index (χ3n) is 3.55. The summed E-state index contributed by atoms with van der Waals surface area (Å²) in [6.45, 7) is 4.80. The van der Waals surface area contributed by atoms with E-state index < -0.39 is 5.97 Å². The number of benzene rings is 1. The minimum absolute atomic E-state index is 0.105. The van der Waals surface area contributed by atoms with Crippen molar-refractivity contribution in [1.82, 2.24) is 0 Å². The van der Waals surface area contributed by atoms with Gasteiger partial charge in [-0.15, -0.1) is 0 Å². The summed E-state index contributed by atoms with van der Waals surface area (Å²) in [6, 6.07) is 3.45. The maximum Gasteiger partial charge on any atom is 0.337 e. The summed E-state index contributed by atoms with van der Waals surface area (Å²) in [6.07, 6.45) is 1.36. The molecule has 20 heavy (non-hydrogen) atoms. The molecule has 108 valence electrons. The van der Waals surface area contributed by atoms with E-state index in [0.29, 0.717) is 31.7 Å². The number of hydrogen-bond donors (Lipinski definition) is 2. The molecular formula is C15H19NO4. The largest absolute Gasteiger partial charge is 0.478 e. The molecule has 2 rings (SSSR count). The number of rotatable bonds is 3. The van der Waals surface area contributed by atoms with Crippen molar-refractivity contribution in [3.05, 3.63) is 28.8 Å². The number of nitrogens with one attached hydrogen (secondary N) is 1. The van der Waals surface area contributed by atoms with Crippen molar-refractivity contribution in [2.75, 3.05) is 18.5 Å². The van der Waals surface area contributed by atoms with Crippen molar-refractivity contribution in [1.29, 1.82) is 0 Å². The minimum Gasteiger partial charge on any atom is -0.478 e. The van der Waals surface area contributed by atoms with Gasteiger partial charge in [-0.2, -0.15) is 0 Å². The fourth-order valence-corrected chi connectivity index (χ4v) is 2.49. The first-order valence-corrected chi connectivity index (χ1v) is 6.72. The Morgan fingerprint density at radius 3 is 2.50 bits per heavy atom. The normalized spacial score (nSPS) is 15.9. The number of ether oxygens (including phenoxy) is 1. The zero-order chi connectivity index (χ0) is 14.7. The molecule has 5 nitrogen and oxygen atoms in total. The van der Waals surface area contributed by atoms with Gasteiger partial charge in [-0.3, -0.25) is 4.79 Å². The van der Waals surface area contributed by atoms with Gasteiger partial charge in [0.2, 0.25) is 5.91 Å². The van der Waals surface area contributed by atoms with E-state index in [-0.39, 0.29) is 17.4 Å². The Balaban J connectivity index is 2.23. The minimum atomic E-state index is -1.03. The molecule has 0 aliphatic carbocycles. The van der Waals surface area contributed by atoms with Gasteiger partial charge in [-0.1, -0.05) is 6.07 Å².